The van der Waals surface area contributed by atoms with Gasteiger partial charge in [0.05, 0.1) is 0 Å². The largest absolute Gasteiger partial charge is 0.302 e. The molecule has 25 heavy (non-hydrogen) atoms. The first kappa shape index (κ1) is 18.1. The van der Waals surface area contributed by atoms with E-state index in [4.69, 9.17) is 5.21 Å². The molecule has 2 fully saturated rings. The number of hydrogen-bond donors (Lipinski definition) is 2. The van der Waals surface area contributed by atoms with Gasteiger partial charge in [-0.15, -0.1) is 0 Å². The highest BCUT2D eigenvalue weighted by molar-refractivity contribution is 5.90. The minimum atomic E-state index is -0.515. The summed E-state index contributed by atoms with van der Waals surface area (Å²) in [6, 6.07) is 9.42. The van der Waals surface area contributed by atoms with Crippen molar-refractivity contribution in [1.29, 1.82) is 0 Å². The van der Waals surface area contributed by atoms with Crippen LogP contribution in [-0.4, -0.2) is 53.1 Å². The van der Waals surface area contributed by atoms with Crippen LogP contribution in [0.3, 0.4) is 0 Å². The molecule has 1 aromatic rings. The maximum absolute atomic E-state index is 11.1. The SMILES string of the molecule is CC(c1ccc(C=CC(=O)NO)cc1)N1CCCC1CN1CCCC1. The summed E-state index contributed by atoms with van der Waals surface area (Å²) in [6.45, 7) is 7.22. The number of benzene rings is 1. The van der Waals surface area contributed by atoms with Gasteiger partial charge < -0.3 is 4.90 Å². The zero-order valence-corrected chi connectivity index (χ0v) is 15.0. The van der Waals surface area contributed by atoms with Crippen LogP contribution in [0.2, 0.25) is 0 Å². The third kappa shape index (κ3) is 4.69. The fourth-order valence-electron chi connectivity index (χ4n) is 4.11. The number of hydrogen-bond acceptors (Lipinski definition) is 4. The van der Waals surface area contributed by atoms with E-state index in [1.54, 1.807) is 11.6 Å². The van der Waals surface area contributed by atoms with Gasteiger partial charge in [-0.05, 0) is 69.4 Å². The number of carbonyl (C=O) groups excluding carboxylic acids is 1. The van der Waals surface area contributed by atoms with Crippen LogP contribution in [0.4, 0.5) is 0 Å². The summed E-state index contributed by atoms with van der Waals surface area (Å²) in [6.07, 6.45) is 8.33. The zero-order chi connectivity index (χ0) is 17.6. The molecule has 3 rings (SSSR count). The van der Waals surface area contributed by atoms with E-state index in [9.17, 15) is 4.79 Å². The smallest absolute Gasteiger partial charge is 0.267 e. The molecule has 0 aromatic heterocycles. The highest BCUT2D eigenvalue weighted by atomic mass is 16.5. The molecule has 0 spiro atoms. The van der Waals surface area contributed by atoms with E-state index in [1.807, 2.05) is 12.1 Å². The highest BCUT2D eigenvalue weighted by Crippen LogP contribution is 2.30. The van der Waals surface area contributed by atoms with Gasteiger partial charge in [0, 0.05) is 24.7 Å². The Morgan fingerprint density at radius 2 is 1.96 bits per heavy atom. The minimum Gasteiger partial charge on any atom is -0.302 e. The monoisotopic (exact) mass is 343 g/mol. The first-order chi connectivity index (χ1) is 12.2. The quantitative estimate of drug-likeness (QED) is 0.474. The van der Waals surface area contributed by atoms with Crippen LogP contribution in [0.1, 0.15) is 49.8 Å². The second-order valence-corrected chi connectivity index (χ2v) is 7.19. The molecular weight excluding hydrogens is 314 g/mol. The van der Waals surface area contributed by atoms with E-state index < -0.39 is 5.91 Å². The Morgan fingerprint density at radius 3 is 2.64 bits per heavy atom. The maximum Gasteiger partial charge on any atom is 0.267 e. The van der Waals surface area contributed by atoms with E-state index in [0.717, 1.165) is 5.56 Å². The summed E-state index contributed by atoms with van der Waals surface area (Å²) in [4.78, 5) is 16.3. The van der Waals surface area contributed by atoms with Gasteiger partial charge in [-0.2, -0.15) is 0 Å². The van der Waals surface area contributed by atoms with Crippen LogP contribution in [0.25, 0.3) is 6.08 Å². The van der Waals surface area contributed by atoms with Crippen molar-refractivity contribution < 1.29 is 10.0 Å². The fourth-order valence-corrected chi connectivity index (χ4v) is 4.11. The Hall–Kier alpha value is -1.69. The van der Waals surface area contributed by atoms with Crippen LogP contribution in [0.5, 0.6) is 0 Å². The van der Waals surface area contributed by atoms with E-state index in [2.05, 4.69) is 28.9 Å². The Labute approximate surface area is 150 Å². The molecule has 1 amide bonds. The summed E-state index contributed by atoms with van der Waals surface area (Å²) in [5.41, 5.74) is 3.87. The van der Waals surface area contributed by atoms with Gasteiger partial charge in [0.2, 0.25) is 0 Å². The normalized spacial score (nSPS) is 23.4. The molecular formula is C20H29N3O2. The number of likely N-dealkylation sites (tertiary alicyclic amines) is 2. The second kappa shape index (κ2) is 8.61. The molecule has 2 atom stereocenters. The van der Waals surface area contributed by atoms with Crippen molar-refractivity contribution in [3.05, 3.63) is 41.5 Å². The Bertz CT molecular complexity index is 593. The molecule has 1 aromatic carbocycles. The van der Waals surface area contributed by atoms with Crippen LogP contribution in [0, 0.1) is 0 Å². The summed E-state index contributed by atoms with van der Waals surface area (Å²) < 4.78 is 0. The standard InChI is InChI=1S/C20H29N3O2/c1-16(18-9-6-17(7-10-18)8-11-20(24)21-25)23-14-4-5-19(23)15-22-12-2-3-13-22/h6-11,16,19,25H,2-5,12-15H2,1H3,(H,21,24). The topological polar surface area (TPSA) is 55.8 Å². The van der Waals surface area contributed by atoms with Crippen LogP contribution >= 0.6 is 0 Å². The summed E-state index contributed by atoms with van der Waals surface area (Å²) >= 11 is 0. The van der Waals surface area contributed by atoms with E-state index >= 15 is 0 Å². The summed E-state index contributed by atoms with van der Waals surface area (Å²) in [7, 11) is 0. The molecule has 5 nitrogen and oxygen atoms in total. The molecule has 0 aliphatic carbocycles. The van der Waals surface area contributed by atoms with Crippen molar-refractivity contribution in [1.82, 2.24) is 15.3 Å². The molecule has 2 N–H and O–H groups in total. The fraction of sp³-hybridized carbons (Fsp3) is 0.550. The molecule has 0 saturated carbocycles. The van der Waals surface area contributed by atoms with Gasteiger partial charge in [0.15, 0.2) is 0 Å². The maximum atomic E-state index is 11.1. The second-order valence-electron chi connectivity index (χ2n) is 7.19. The van der Waals surface area contributed by atoms with Crippen LogP contribution < -0.4 is 5.48 Å². The number of carbonyl (C=O) groups is 1. The zero-order valence-electron chi connectivity index (χ0n) is 15.0. The molecule has 0 bridgehead atoms. The number of hydroxylamine groups is 1. The number of rotatable bonds is 6. The lowest BCUT2D eigenvalue weighted by molar-refractivity contribution is -0.124. The van der Waals surface area contributed by atoms with Gasteiger partial charge in [-0.25, -0.2) is 5.48 Å². The number of nitrogens with zero attached hydrogens (tertiary/aromatic N) is 2. The van der Waals surface area contributed by atoms with Crippen molar-refractivity contribution in [3.8, 4) is 0 Å². The third-order valence-corrected chi connectivity index (χ3v) is 5.54. The van der Waals surface area contributed by atoms with E-state index in [-0.39, 0.29) is 0 Å². The Kier molecular flexibility index (Phi) is 6.24. The molecule has 5 heteroatoms. The third-order valence-electron chi connectivity index (χ3n) is 5.54. The molecule has 2 heterocycles. The van der Waals surface area contributed by atoms with Gasteiger partial charge in [-0.3, -0.25) is 14.9 Å². The van der Waals surface area contributed by atoms with E-state index in [1.165, 1.54) is 63.5 Å². The molecule has 0 radical (unpaired) electrons. The molecule has 2 aliphatic rings. The summed E-state index contributed by atoms with van der Waals surface area (Å²) in [5.74, 6) is -0.515. The van der Waals surface area contributed by atoms with Crippen molar-refractivity contribution in [2.24, 2.45) is 0 Å². The lowest BCUT2D eigenvalue weighted by atomic mass is 10.0. The first-order valence-electron chi connectivity index (χ1n) is 9.37. The average molecular weight is 343 g/mol. The molecule has 136 valence electrons. The highest BCUT2D eigenvalue weighted by Gasteiger charge is 2.31. The van der Waals surface area contributed by atoms with Crippen LogP contribution in [0.15, 0.2) is 30.3 Å². The van der Waals surface area contributed by atoms with Gasteiger partial charge >= 0.3 is 0 Å². The van der Waals surface area contributed by atoms with Gasteiger partial charge in [-0.1, -0.05) is 24.3 Å². The minimum absolute atomic E-state index is 0.411. The Balaban J connectivity index is 1.62. The lowest BCUT2D eigenvalue weighted by Crippen LogP contribution is -2.40. The Morgan fingerprint density at radius 1 is 1.24 bits per heavy atom. The van der Waals surface area contributed by atoms with Crippen molar-refractivity contribution in [3.63, 3.8) is 0 Å². The summed E-state index contributed by atoms with van der Waals surface area (Å²) in [5, 5.41) is 8.52. The molecule has 2 aliphatic heterocycles. The van der Waals surface area contributed by atoms with E-state index in [0.29, 0.717) is 12.1 Å². The predicted molar refractivity (Wildman–Crippen MR) is 99.2 cm³/mol. The van der Waals surface area contributed by atoms with Gasteiger partial charge in [0.1, 0.15) is 0 Å². The van der Waals surface area contributed by atoms with Crippen LogP contribution in [-0.2, 0) is 4.79 Å². The molecule has 2 unspecified atom stereocenters. The number of nitrogens with one attached hydrogen (secondary N) is 1. The van der Waals surface area contributed by atoms with Gasteiger partial charge in [0.25, 0.3) is 5.91 Å². The van der Waals surface area contributed by atoms with Crippen molar-refractivity contribution in [2.75, 3.05) is 26.2 Å². The van der Waals surface area contributed by atoms with Crippen molar-refractivity contribution in [2.45, 2.75) is 44.7 Å². The lowest BCUT2D eigenvalue weighted by Gasteiger charge is -2.33. The average Bonchev–Trinajstić information content (AvgIpc) is 3.32. The van der Waals surface area contributed by atoms with Crippen molar-refractivity contribution >= 4 is 12.0 Å². The molecule has 2 saturated heterocycles. The number of amides is 1. The first-order valence-corrected chi connectivity index (χ1v) is 9.37. The predicted octanol–water partition coefficient (Wildman–Crippen LogP) is 2.83.